The molecule has 4 atom stereocenters. The third-order valence-corrected chi connectivity index (χ3v) is 5.66. The lowest BCUT2D eigenvalue weighted by atomic mass is 9.78. The maximum Gasteiger partial charge on any atom is 0.326 e. The fourth-order valence-electron chi connectivity index (χ4n) is 4.04. The minimum absolute atomic E-state index is 0.0575. The maximum atomic E-state index is 13.0. The average molecular weight is 433 g/mol. The molecule has 1 fully saturated rings. The number of hydrogen-bond acceptors (Lipinski definition) is 4. The summed E-state index contributed by atoms with van der Waals surface area (Å²) in [5.41, 5.74) is 0.803. The first-order valence-electron chi connectivity index (χ1n) is 10.8. The van der Waals surface area contributed by atoms with E-state index in [-0.39, 0.29) is 18.8 Å². The van der Waals surface area contributed by atoms with Gasteiger partial charge in [0.2, 0.25) is 11.8 Å². The van der Waals surface area contributed by atoms with E-state index < -0.39 is 47.7 Å². The number of carboxylic acids is 2. The molecule has 1 aliphatic rings. The minimum Gasteiger partial charge on any atom is -0.481 e. The molecule has 2 amide bonds. The number of carboxylic acid groups (broad SMARTS) is 2. The molecule has 4 N–H and O–H groups in total. The highest BCUT2D eigenvalue weighted by molar-refractivity contribution is 5.92. The lowest BCUT2D eigenvalue weighted by molar-refractivity contribution is -0.149. The van der Waals surface area contributed by atoms with E-state index in [1.807, 2.05) is 44.2 Å². The zero-order valence-electron chi connectivity index (χ0n) is 18.0. The van der Waals surface area contributed by atoms with Gasteiger partial charge in [0.05, 0.1) is 11.8 Å². The molecule has 1 saturated carbocycles. The van der Waals surface area contributed by atoms with Gasteiger partial charge in [-0.05, 0) is 30.7 Å². The van der Waals surface area contributed by atoms with Crippen LogP contribution in [0.1, 0.15) is 51.5 Å². The molecular weight excluding hydrogens is 400 g/mol. The molecule has 2 rings (SSSR count). The fraction of sp³-hybridized carbons (Fsp3) is 0.565. The van der Waals surface area contributed by atoms with Crippen molar-refractivity contribution < 1.29 is 29.4 Å². The Hall–Kier alpha value is -2.90. The van der Waals surface area contributed by atoms with E-state index in [4.69, 9.17) is 0 Å². The molecular formula is C23H32N2O6. The Morgan fingerprint density at radius 3 is 2.10 bits per heavy atom. The van der Waals surface area contributed by atoms with E-state index in [1.54, 1.807) is 0 Å². The number of amides is 2. The Labute approximate surface area is 182 Å². The van der Waals surface area contributed by atoms with Crippen LogP contribution in [0.15, 0.2) is 30.3 Å². The molecule has 0 unspecified atom stereocenters. The van der Waals surface area contributed by atoms with E-state index in [0.717, 1.165) is 18.4 Å². The summed E-state index contributed by atoms with van der Waals surface area (Å²) >= 11 is 0. The van der Waals surface area contributed by atoms with Crippen molar-refractivity contribution in [1.82, 2.24) is 10.6 Å². The van der Waals surface area contributed by atoms with Crippen LogP contribution in [0.4, 0.5) is 0 Å². The van der Waals surface area contributed by atoms with E-state index in [1.165, 1.54) is 0 Å². The molecule has 8 nitrogen and oxygen atoms in total. The normalized spacial score (nSPS) is 20.5. The van der Waals surface area contributed by atoms with Gasteiger partial charge in [-0.3, -0.25) is 14.4 Å². The quantitative estimate of drug-likeness (QED) is 0.448. The number of rotatable bonds is 10. The van der Waals surface area contributed by atoms with Crippen LogP contribution in [0.5, 0.6) is 0 Å². The summed E-state index contributed by atoms with van der Waals surface area (Å²) in [5.74, 6) is -4.63. The summed E-state index contributed by atoms with van der Waals surface area (Å²) in [6.45, 7) is 3.72. The van der Waals surface area contributed by atoms with Gasteiger partial charge >= 0.3 is 11.9 Å². The van der Waals surface area contributed by atoms with E-state index in [0.29, 0.717) is 12.8 Å². The van der Waals surface area contributed by atoms with Crippen molar-refractivity contribution in [3.63, 3.8) is 0 Å². The third-order valence-electron chi connectivity index (χ3n) is 5.66. The van der Waals surface area contributed by atoms with Crippen LogP contribution in [-0.4, -0.2) is 46.0 Å². The highest BCUT2D eigenvalue weighted by Crippen LogP contribution is 2.30. The summed E-state index contributed by atoms with van der Waals surface area (Å²) in [7, 11) is 0. The van der Waals surface area contributed by atoms with E-state index in [9.17, 15) is 29.4 Å². The Bertz CT molecular complexity index is 780. The van der Waals surface area contributed by atoms with Gasteiger partial charge in [0.1, 0.15) is 12.1 Å². The number of carbonyl (C=O) groups excluding carboxylic acids is 2. The van der Waals surface area contributed by atoms with Crippen molar-refractivity contribution in [3.8, 4) is 0 Å². The lowest BCUT2D eigenvalue weighted by Gasteiger charge is -2.29. The molecule has 170 valence electrons. The largest absolute Gasteiger partial charge is 0.481 e. The van der Waals surface area contributed by atoms with Crippen LogP contribution in [0.25, 0.3) is 0 Å². The van der Waals surface area contributed by atoms with Gasteiger partial charge < -0.3 is 20.8 Å². The van der Waals surface area contributed by atoms with Gasteiger partial charge in [-0.15, -0.1) is 0 Å². The van der Waals surface area contributed by atoms with Crippen molar-refractivity contribution in [2.24, 2.45) is 17.8 Å². The highest BCUT2D eigenvalue weighted by Gasteiger charge is 2.37. The first-order valence-corrected chi connectivity index (χ1v) is 10.8. The van der Waals surface area contributed by atoms with Crippen LogP contribution >= 0.6 is 0 Å². The van der Waals surface area contributed by atoms with Gasteiger partial charge in [-0.1, -0.05) is 57.0 Å². The summed E-state index contributed by atoms with van der Waals surface area (Å²) in [6.07, 6.45) is 2.83. The minimum atomic E-state index is -1.13. The monoisotopic (exact) mass is 432 g/mol. The lowest BCUT2D eigenvalue weighted by Crippen LogP contribution is -2.54. The van der Waals surface area contributed by atoms with Crippen molar-refractivity contribution >= 4 is 23.8 Å². The summed E-state index contributed by atoms with van der Waals surface area (Å²) < 4.78 is 0. The third kappa shape index (κ3) is 7.38. The van der Waals surface area contributed by atoms with Crippen LogP contribution in [0.2, 0.25) is 0 Å². The van der Waals surface area contributed by atoms with E-state index >= 15 is 0 Å². The molecule has 0 aromatic heterocycles. The van der Waals surface area contributed by atoms with Crippen molar-refractivity contribution in [2.45, 2.75) is 64.5 Å². The second-order valence-electron chi connectivity index (χ2n) is 8.62. The zero-order valence-corrected chi connectivity index (χ0v) is 18.0. The van der Waals surface area contributed by atoms with Gasteiger partial charge in [0, 0.05) is 6.42 Å². The number of carbonyl (C=O) groups is 4. The fourth-order valence-corrected chi connectivity index (χ4v) is 4.04. The second kappa shape index (κ2) is 11.5. The number of aliphatic carboxylic acids is 2. The first kappa shape index (κ1) is 24.4. The number of nitrogens with one attached hydrogen (secondary N) is 2. The van der Waals surface area contributed by atoms with Crippen LogP contribution in [0, 0.1) is 17.8 Å². The van der Waals surface area contributed by atoms with Crippen LogP contribution in [0.3, 0.4) is 0 Å². The second-order valence-corrected chi connectivity index (χ2v) is 8.62. The van der Waals surface area contributed by atoms with Crippen LogP contribution in [-0.2, 0) is 25.6 Å². The standard InChI is InChI=1S/C23H32N2O6/c1-14(2)12-19(23(30)31)25-21(27)18(13-15-8-4-3-5-9-15)24-20(26)16-10-6-7-11-17(16)22(28)29/h3-5,8-9,14,16-19H,6-7,10-13H2,1-2H3,(H,24,26)(H,25,27)(H,28,29)(H,30,31)/t16-,17+,18+,19+/m1/s1. The molecule has 0 radical (unpaired) electrons. The molecule has 31 heavy (non-hydrogen) atoms. The smallest absolute Gasteiger partial charge is 0.326 e. The molecule has 1 aliphatic carbocycles. The molecule has 0 bridgehead atoms. The predicted molar refractivity (Wildman–Crippen MR) is 114 cm³/mol. The van der Waals surface area contributed by atoms with Gasteiger partial charge in [-0.25, -0.2) is 4.79 Å². The maximum absolute atomic E-state index is 13.0. The topological polar surface area (TPSA) is 133 Å². The Morgan fingerprint density at radius 1 is 0.935 bits per heavy atom. The SMILES string of the molecule is CC(C)C[C@H](NC(=O)[C@H](Cc1ccccc1)NC(=O)[C@@H]1CCCC[C@@H]1C(=O)O)C(=O)O. The number of benzene rings is 1. The molecule has 0 heterocycles. The Morgan fingerprint density at radius 2 is 1.55 bits per heavy atom. The summed E-state index contributed by atoms with van der Waals surface area (Å²) in [4.78, 5) is 49.1. The van der Waals surface area contributed by atoms with Crippen LogP contribution < -0.4 is 10.6 Å². The molecule has 1 aromatic rings. The van der Waals surface area contributed by atoms with Gasteiger partial charge in [-0.2, -0.15) is 0 Å². The Balaban J connectivity index is 2.19. The molecule has 0 saturated heterocycles. The predicted octanol–water partition coefficient (Wildman–Crippen LogP) is 2.22. The van der Waals surface area contributed by atoms with Gasteiger partial charge in [0.25, 0.3) is 0 Å². The van der Waals surface area contributed by atoms with E-state index in [2.05, 4.69) is 10.6 Å². The molecule has 0 aliphatic heterocycles. The highest BCUT2D eigenvalue weighted by atomic mass is 16.4. The average Bonchev–Trinajstić information content (AvgIpc) is 2.73. The number of hydrogen-bond donors (Lipinski definition) is 4. The summed E-state index contributed by atoms with van der Waals surface area (Å²) in [6, 6.07) is 7.02. The first-order chi connectivity index (χ1) is 14.7. The van der Waals surface area contributed by atoms with Gasteiger partial charge in [0.15, 0.2) is 0 Å². The van der Waals surface area contributed by atoms with Crippen molar-refractivity contribution in [1.29, 1.82) is 0 Å². The van der Waals surface area contributed by atoms with Crippen molar-refractivity contribution in [2.75, 3.05) is 0 Å². The zero-order chi connectivity index (χ0) is 23.0. The molecule has 8 heteroatoms. The summed E-state index contributed by atoms with van der Waals surface area (Å²) in [5, 5.41) is 24.2. The van der Waals surface area contributed by atoms with Crippen molar-refractivity contribution in [3.05, 3.63) is 35.9 Å². The molecule has 0 spiro atoms. The molecule has 1 aromatic carbocycles. The Kier molecular flexibility index (Phi) is 9.03.